The Balaban J connectivity index is 2.82. The maximum atomic E-state index is 13.2. The summed E-state index contributed by atoms with van der Waals surface area (Å²) >= 11 is 0. The van der Waals surface area contributed by atoms with Gasteiger partial charge < -0.3 is 5.32 Å². The quantitative estimate of drug-likeness (QED) is 0.777. The van der Waals surface area contributed by atoms with E-state index in [0.29, 0.717) is 17.5 Å². The van der Waals surface area contributed by atoms with Gasteiger partial charge in [-0.2, -0.15) is 0 Å². The Bertz CT molecular complexity index is 307. The Labute approximate surface area is 85.3 Å². The van der Waals surface area contributed by atoms with Crippen molar-refractivity contribution in [1.29, 1.82) is 0 Å². The van der Waals surface area contributed by atoms with Crippen molar-refractivity contribution in [2.24, 2.45) is 5.92 Å². The molecule has 1 aromatic rings. The van der Waals surface area contributed by atoms with Crippen molar-refractivity contribution in [3.05, 3.63) is 29.6 Å². The maximum Gasteiger partial charge on any atom is 0.128 e. The zero-order valence-electron chi connectivity index (χ0n) is 9.26. The number of anilines is 1. The van der Waals surface area contributed by atoms with Crippen LogP contribution in [0.15, 0.2) is 18.2 Å². The van der Waals surface area contributed by atoms with Crippen molar-refractivity contribution < 1.29 is 4.39 Å². The molecule has 1 atom stereocenters. The Hall–Kier alpha value is -1.05. The van der Waals surface area contributed by atoms with Crippen molar-refractivity contribution in [2.75, 3.05) is 5.32 Å². The summed E-state index contributed by atoms with van der Waals surface area (Å²) < 4.78 is 13.2. The van der Waals surface area contributed by atoms with Gasteiger partial charge in [0.15, 0.2) is 0 Å². The van der Waals surface area contributed by atoms with Crippen LogP contribution in [-0.2, 0) is 0 Å². The van der Waals surface area contributed by atoms with Crippen LogP contribution in [-0.4, -0.2) is 6.04 Å². The molecule has 1 aromatic carbocycles. The molecular weight excluding hydrogens is 177 g/mol. The predicted octanol–water partition coefficient (Wildman–Crippen LogP) is 3.59. The predicted molar refractivity (Wildman–Crippen MR) is 59.1 cm³/mol. The first-order chi connectivity index (χ1) is 6.52. The summed E-state index contributed by atoms with van der Waals surface area (Å²) in [5.41, 5.74) is 1.59. The van der Waals surface area contributed by atoms with Crippen LogP contribution in [0.1, 0.15) is 26.3 Å². The van der Waals surface area contributed by atoms with Gasteiger partial charge in [-0.25, -0.2) is 4.39 Å². The summed E-state index contributed by atoms with van der Waals surface area (Å²) in [6.07, 6.45) is 0. The molecule has 0 radical (unpaired) electrons. The molecule has 2 heteroatoms. The molecule has 0 spiro atoms. The number of benzene rings is 1. The van der Waals surface area contributed by atoms with Gasteiger partial charge in [-0.15, -0.1) is 0 Å². The second-order valence-electron chi connectivity index (χ2n) is 4.09. The van der Waals surface area contributed by atoms with E-state index in [0.717, 1.165) is 5.69 Å². The molecule has 0 bridgehead atoms. The van der Waals surface area contributed by atoms with Crippen molar-refractivity contribution in [2.45, 2.75) is 33.7 Å². The highest BCUT2D eigenvalue weighted by molar-refractivity contribution is 5.51. The Kier molecular flexibility index (Phi) is 3.50. The molecule has 0 saturated carbocycles. The molecule has 0 aliphatic carbocycles. The largest absolute Gasteiger partial charge is 0.382 e. The van der Waals surface area contributed by atoms with Crippen molar-refractivity contribution >= 4 is 5.69 Å². The van der Waals surface area contributed by atoms with Gasteiger partial charge in [0.1, 0.15) is 5.82 Å². The second-order valence-corrected chi connectivity index (χ2v) is 4.09. The van der Waals surface area contributed by atoms with Gasteiger partial charge in [0.05, 0.1) is 0 Å². The minimum Gasteiger partial charge on any atom is -0.382 e. The van der Waals surface area contributed by atoms with E-state index < -0.39 is 0 Å². The second kappa shape index (κ2) is 4.45. The zero-order valence-corrected chi connectivity index (χ0v) is 9.26. The van der Waals surface area contributed by atoms with Gasteiger partial charge in [0.25, 0.3) is 0 Å². The van der Waals surface area contributed by atoms with Gasteiger partial charge >= 0.3 is 0 Å². The summed E-state index contributed by atoms with van der Waals surface area (Å²) in [6.45, 7) is 8.19. The number of halogens is 1. The van der Waals surface area contributed by atoms with Crippen molar-refractivity contribution in [3.63, 3.8) is 0 Å². The third kappa shape index (κ3) is 2.47. The Morgan fingerprint density at radius 1 is 1.21 bits per heavy atom. The molecule has 1 rings (SSSR count). The first-order valence-electron chi connectivity index (χ1n) is 5.04. The molecule has 0 aliphatic heterocycles. The topological polar surface area (TPSA) is 12.0 Å². The average molecular weight is 195 g/mol. The zero-order chi connectivity index (χ0) is 10.7. The molecule has 14 heavy (non-hydrogen) atoms. The fourth-order valence-corrected chi connectivity index (χ4v) is 1.18. The van der Waals surface area contributed by atoms with Crippen LogP contribution in [0, 0.1) is 18.7 Å². The molecule has 0 amide bonds. The SMILES string of the molecule is Cc1c(F)cccc1NC(C)C(C)C. The fourth-order valence-electron chi connectivity index (χ4n) is 1.18. The van der Waals surface area contributed by atoms with E-state index in [1.807, 2.05) is 6.07 Å². The Morgan fingerprint density at radius 3 is 2.43 bits per heavy atom. The lowest BCUT2D eigenvalue weighted by Gasteiger charge is -2.20. The highest BCUT2D eigenvalue weighted by Gasteiger charge is 2.09. The van der Waals surface area contributed by atoms with Gasteiger partial charge in [-0.3, -0.25) is 0 Å². The van der Waals surface area contributed by atoms with Gasteiger partial charge in [0.2, 0.25) is 0 Å². The molecular formula is C12H18FN. The first kappa shape index (κ1) is 11.0. The van der Waals surface area contributed by atoms with Crippen LogP contribution in [0.25, 0.3) is 0 Å². The molecule has 0 fully saturated rings. The van der Waals surface area contributed by atoms with E-state index in [-0.39, 0.29) is 5.82 Å². The molecule has 78 valence electrons. The van der Waals surface area contributed by atoms with Gasteiger partial charge in [-0.1, -0.05) is 19.9 Å². The van der Waals surface area contributed by atoms with Crippen LogP contribution >= 0.6 is 0 Å². The van der Waals surface area contributed by atoms with Crippen LogP contribution in [0.4, 0.5) is 10.1 Å². The minimum absolute atomic E-state index is 0.147. The fraction of sp³-hybridized carbons (Fsp3) is 0.500. The highest BCUT2D eigenvalue weighted by atomic mass is 19.1. The summed E-state index contributed by atoms with van der Waals surface area (Å²) in [5, 5.41) is 3.31. The normalized spacial score (nSPS) is 13.0. The van der Waals surface area contributed by atoms with E-state index >= 15 is 0 Å². The lowest BCUT2D eigenvalue weighted by Crippen LogP contribution is -2.22. The molecule has 0 saturated heterocycles. The minimum atomic E-state index is -0.147. The van der Waals surface area contributed by atoms with E-state index in [1.165, 1.54) is 6.07 Å². The summed E-state index contributed by atoms with van der Waals surface area (Å²) in [4.78, 5) is 0. The van der Waals surface area contributed by atoms with E-state index in [2.05, 4.69) is 26.1 Å². The number of hydrogen-bond donors (Lipinski definition) is 1. The number of rotatable bonds is 3. The third-order valence-corrected chi connectivity index (χ3v) is 2.65. The summed E-state index contributed by atoms with van der Waals surface area (Å²) in [5.74, 6) is 0.392. The third-order valence-electron chi connectivity index (χ3n) is 2.65. The summed E-state index contributed by atoms with van der Waals surface area (Å²) in [6, 6.07) is 5.49. The lowest BCUT2D eigenvalue weighted by molar-refractivity contribution is 0.558. The summed E-state index contributed by atoms with van der Waals surface area (Å²) in [7, 11) is 0. The molecule has 1 N–H and O–H groups in total. The van der Waals surface area contributed by atoms with Crippen molar-refractivity contribution in [3.8, 4) is 0 Å². The van der Waals surface area contributed by atoms with Crippen LogP contribution in [0.3, 0.4) is 0 Å². The van der Waals surface area contributed by atoms with Crippen LogP contribution < -0.4 is 5.32 Å². The average Bonchev–Trinajstić information content (AvgIpc) is 2.12. The van der Waals surface area contributed by atoms with Gasteiger partial charge in [0, 0.05) is 17.3 Å². The maximum absolute atomic E-state index is 13.2. The van der Waals surface area contributed by atoms with E-state index in [1.54, 1.807) is 13.0 Å². The monoisotopic (exact) mass is 195 g/mol. The van der Waals surface area contributed by atoms with E-state index in [9.17, 15) is 4.39 Å². The number of hydrogen-bond acceptors (Lipinski definition) is 1. The van der Waals surface area contributed by atoms with Gasteiger partial charge in [-0.05, 0) is 31.9 Å². The van der Waals surface area contributed by atoms with E-state index in [4.69, 9.17) is 0 Å². The van der Waals surface area contributed by atoms with Crippen LogP contribution in [0.2, 0.25) is 0 Å². The molecule has 1 nitrogen and oxygen atoms in total. The Morgan fingerprint density at radius 2 is 1.86 bits per heavy atom. The van der Waals surface area contributed by atoms with Crippen LogP contribution in [0.5, 0.6) is 0 Å². The smallest absolute Gasteiger partial charge is 0.128 e. The first-order valence-corrected chi connectivity index (χ1v) is 5.04. The molecule has 0 aliphatic rings. The molecule has 0 aromatic heterocycles. The van der Waals surface area contributed by atoms with Crippen molar-refractivity contribution in [1.82, 2.24) is 0 Å². The molecule has 1 unspecified atom stereocenters. The number of nitrogens with one attached hydrogen (secondary N) is 1. The standard InChI is InChI=1S/C12H18FN/c1-8(2)10(4)14-12-7-5-6-11(13)9(12)3/h5-8,10,14H,1-4H3. The lowest BCUT2D eigenvalue weighted by atomic mass is 10.1. The molecule has 0 heterocycles. The highest BCUT2D eigenvalue weighted by Crippen LogP contribution is 2.19.